The van der Waals surface area contributed by atoms with Crippen LogP contribution in [0.2, 0.25) is 0 Å². The molecule has 1 atom stereocenters. The second-order valence-corrected chi connectivity index (χ2v) is 6.67. The van der Waals surface area contributed by atoms with Gasteiger partial charge in [-0.2, -0.15) is 0 Å². The first kappa shape index (κ1) is 18.3. The minimum Gasteiger partial charge on any atom is -0.491 e. The van der Waals surface area contributed by atoms with Gasteiger partial charge in [-0.3, -0.25) is 0 Å². The molecular weight excluding hydrogens is 296 g/mol. The summed E-state index contributed by atoms with van der Waals surface area (Å²) in [5.41, 5.74) is 9.74. The van der Waals surface area contributed by atoms with Crippen LogP contribution in [-0.4, -0.2) is 25.7 Å². The van der Waals surface area contributed by atoms with Gasteiger partial charge < -0.3 is 15.4 Å². The molecule has 0 saturated heterocycles. The van der Waals surface area contributed by atoms with Crippen molar-refractivity contribution in [2.45, 2.75) is 45.8 Å². The molecule has 0 spiro atoms. The number of benzene rings is 2. The van der Waals surface area contributed by atoms with E-state index < -0.39 is 0 Å². The van der Waals surface area contributed by atoms with Crippen molar-refractivity contribution >= 4 is 5.69 Å². The Labute approximate surface area is 146 Å². The van der Waals surface area contributed by atoms with Crippen LogP contribution in [0.4, 0.5) is 5.69 Å². The van der Waals surface area contributed by atoms with Gasteiger partial charge in [-0.15, -0.1) is 0 Å². The Morgan fingerprint density at radius 1 is 0.958 bits per heavy atom. The van der Waals surface area contributed by atoms with Gasteiger partial charge in [0.25, 0.3) is 0 Å². The molecule has 0 amide bonds. The lowest BCUT2D eigenvalue weighted by molar-refractivity contribution is 0.242. The standard InChI is InChI=1S/C21H30N2O/c1-5-6-19(22)15-23(4)20-11-7-17(8-12-20)18-9-13-21(14-10-18)24-16(2)3/h7-14,16,19H,5-6,15,22H2,1-4H3/t19-/m0/s1. The van der Waals surface area contributed by atoms with E-state index in [4.69, 9.17) is 10.5 Å². The van der Waals surface area contributed by atoms with Crippen LogP contribution in [0, 0.1) is 0 Å². The van der Waals surface area contributed by atoms with Crippen LogP contribution in [0.25, 0.3) is 11.1 Å². The third kappa shape index (κ3) is 5.27. The number of hydrogen-bond acceptors (Lipinski definition) is 3. The monoisotopic (exact) mass is 326 g/mol. The van der Waals surface area contributed by atoms with Gasteiger partial charge in [0.1, 0.15) is 5.75 Å². The molecule has 0 unspecified atom stereocenters. The lowest BCUT2D eigenvalue weighted by Crippen LogP contribution is -2.35. The number of likely N-dealkylation sites (N-methyl/N-ethyl adjacent to an activating group) is 1. The summed E-state index contributed by atoms with van der Waals surface area (Å²) in [5, 5.41) is 0. The number of anilines is 1. The fourth-order valence-electron chi connectivity index (χ4n) is 2.83. The maximum absolute atomic E-state index is 6.14. The summed E-state index contributed by atoms with van der Waals surface area (Å²) in [7, 11) is 2.10. The SMILES string of the molecule is CCC[C@H](N)CN(C)c1ccc(-c2ccc(OC(C)C)cc2)cc1. The van der Waals surface area contributed by atoms with E-state index in [1.54, 1.807) is 0 Å². The van der Waals surface area contributed by atoms with E-state index in [9.17, 15) is 0 Å². The van der Waals surface area contributed by atoms with E-state index in [1.807, 2.05) is 26.0 Å². The van der Waals surface area contributed by atoms with Crippen LogP contribution in [-0.2, 0) is 0 Å². The van der Waals surface area contributed by atoms with Gasteiger partial charge in [0.05, 0.1) is 6.10 Å². The molecule has 0 bridgehead atoms. The predicted octanol–water partition coefficient (Wildman–Crippen LogP) is 4.70. The molecule has 0 radical (unpaired) electrons. The van der Waals surface area contributed by atoms with Gasteiger partial charge in [0.15, 0.2) is 0 Å². The van der Waals surface area contributed by atoms with Crippen LogP contribution in [0.3, 0.4) is 0 Å². The highest BCUT2D eigenvalue weighted by Gasteiger charge is 2.07. The zero-order chi connectivity index (χ0) is 17.5. The first-order valence-corrected chi connectivity index (χ1v) is 8.83. The van der Waals surface area contributed by atoms with Crippen molar-refractivity contribution in [3.8, 4) is 16.9 Å². The Morgan fingerprint density at radius 3 is 2.00 bits per heavy atom. The maximum Gasteiger partial charge on any atom is 0.119 e. The molecule has 0 aliphatic carbocycles. The van der Waals surface area contributed by atoms with Gasteiger partial charge in [0.2, 0.25) is 0 Å². The van der Waals surface area contributed by atoms with Crippen LogP contribution < -0.4 is 15.4 Å². The van der Waals surface area contributed by atoms with Crippen molar-refractivity contribution < 1.29 is 4.74 Å². The number of ether oxygens (including phenoxy) is 1. The molecule has 0 aromatic heterocycles. The highest BCUT2D eigenvalue weighted by atomic mass is 16.5. The minimum absolute atomic E-state index is 0.199. The Kier molecular flexibility index (Phi) is 6.68. The first-order valence-electron chi connectivity index (χ1n) is 8.83. The lowest BCUT2D eigenvalue weighted by atomic mass is 10.0. The van der Waals surface area contributed by atoms with E-state index in [2.05, 4.69) is 55.3 Å². The van der Waals surface area contributed by atoms with Crippen LogP contribution in [0.1, 0.15) is 33.6 Å². The van der Waals surface area contributed by atoms with Gasteiger partial charge in [-0.25, -0.2) is 0 Å². The van der Waals surface area contributed by atoms with E-state index in [1.165, 1.54) is 16.8 Å². The summed E-state index contributed by atoms with van der Waals surface area (Å²) in [5.74, 6) is 0.912. The largest absolute Gasteiger partial charge is 0.491 e. The summed E-state index contributed by atoms with van der Waals surface area (Å²) in [4.78, 5) is 2.23. The van der Waals surface area contributed by atoms with Crippen molar-refractivity contribution in [1.29, 1.82) is 0 Å². The third-order valence-electron chi connectivity index (χ3n) is 4.04. The maximum atomic E-state index is 6.14. The molecule has 2 aromatic carbocycles. The number of hydrogen-bond donors (Lipinski definition) is 1. The van der Waals surface area contributed by atoms with E-state index in [0.29, 0.717) is 0 Å². The van der Waals surface area contributed by atoms with E-state index >= 15 is 0 Å². The van der Waals surface area contributed by atoms with Crippen molar-refractivity contribution in [2.75, 3.05) is 18.5 Å². The lowest BCUT2D eigenvalue weighted by Gasteiger charge is -2.23. The van der Waals surface area contributed by atoms with Gasteiger partial charge in [-0.1, -0.05) is 37.6 Å². The first-order chi connectivity index (χ1) is 11.5. The molecule has 0 heterocycles. The van der Waals surface area contributed by atoms with E-state index in [-0.39, 0.29) is 12.1 Å². The molecule has 2 rings (SSSR count). The zero-order valence-electron chi connectivity index (χ0n) is 15.3. The fourth-order valence-corrected chi connectivity index (χ4v) is 2.83. The summed E-state index contributed by atoms with van der Waals surface area (Å²) < 4.78 is 5.69. The second-order valence-electron chi connectivity index (χ2n) is 6.67. The second kappa shape index (κ2) is 8.74. The molecule has 0 aliphatic heterocycles. The molecule has 3 nitrogen and oxygen atoms in total. The molecular formula is C21H30N2O. The summed E-state index contributed by atoms with van der Waals surface area (Å²) in [6, 6.07) is 17.1. The van der Waals surface area contributed by atoms with E-state index in [0.717, 1.165) is 25.1 Å². The van der Waals surface area contributed by atoms with Crippen LogP contribution >= 0.6 is 0 Å². The number of rotatable bonds is 8. The summed E-state index contributed by atoms with van der Waals surface area (Å²) in [6.07, 6.45) is 2.39. The third-order valence-corrected chi connectivity index (χ3v) is 4.04. The molecule has 2 aromatic rings. The molecule has 2 N–H and O–H groups in total. The predicted molar refractivity (Wildman–Crippen MR) is 104 cm³/mol. The molecule has 130 valence electrons. The topological polar surface area (TPSA) is 38.5 Å². The molecule has 0 saturated carbocycles. The fraction of sp³-hybridized carbons (Fsp3) is 0.429. The summed E-state index contributed by atoms with van der Waals surface area (Å²) in [6.45, 7) is 7.13. The Hall–Kier alpha value is -2.00. The minimum atomic E-state index is 0.199. The Morgan fingerprint density at radius 2 is 1.50 bits per heavy atom. The van der Waals surface area contributed by atoms with Gasteiger partial charge in [0, 0.05) is 25.3 Å². The Bertz CT molecular complexity index is 605. The molecule has 0 aliphatic rings. The number of nitrogens with zero attached hydrogens (tertiary/aromatic N) is 1. The molecule has 24 heavy (non-hydrogen) atoms. The van der Waals surface area contributed by atoms with Gasteiger partial charge >= 0.3 is 0 Å². The smallest absolute Gasteiger partial charge is 0.119 e. The average molecular weight is 326 g/mol. The molecule has 0 fully saturated rings. The van der Waals surface area contributed by atoms with Crippen LogP contribution in [0.15, 0.2) is 48.5 Å². The van der Waals surface area contributed by atoms with Gasteiger partial charge in [-0.05, 0) is 55.7 Å². The van der Waals surface area contributed by atoms with Crippen molar-refractivity contribution in [1.82, 2.24) is 0 Å². The Balaban J connectivity index is 2.03. The normalized spacial score (nSPS) is 12.2. The summed E-state index contributed by atoms with van der Waals surface area (Å²) >= 11 is 0. The average Bonchev–Trinajstić information content (AvgIpc) is 2.55. The van der Waals surface area contributed by atoms with Crippen molar-refractivity contribution in [3.05, 3.63) is 48.5 Å². The molecule has 3 heteroatoms. The number of nitrogens with two attached hydrogens (primary N) is 1. The van der Waals surface area contributed by atoms with Crippen molar-refractivity contribution in [2.24, 2.45) is 5.73 Å². The highest BCUT2D eigenvalue weighted by molar-refractivity contribution is 5.67. The zero-order valence-corrected chi connectivity index (χ0v) is 15.3. The van der Waals surface area contributed by atoms with Crippen molar-refractivity contribution in [3.63, 3.8) is 0 Å². The quantitative estimate of drug-likeness (QED) is 0.764. The van der Waals surface area contributed by atoms with Crippen LogP contribution in [0.5, 0.6) is 5.75 Å². The highest BCUT2D eigenvalue weighted by Crippen LogP contribution is 2.25.